The molecule has 0 spiro atoms. The van der Waals surface area contributed by atoms with Gasteiger partial charge >= 0.3 is 0 Å². The number of amides is 1. The summed E-state index contributed by atoms with van der Waals surface area (Å²) in [5, 5.41) is 3.18. The number of hydrogen-bond donors (Lipinski definition) is 1. The van der Waals surface area contributed by atoms with Crippen LogP contribution >= 0.6 is 0 Å². The number of nitrogens with one attached hydrogen (secondary N) is 1. The number of carbonyl (C=O) groups excluding carboxylic acids is 1. The van der Waals surface area contributed by atoms with Gasteiger partial charge in [0, 0.05) is 6.42 Å². The molecule has 1 amide bonds. The summed E-state index contributed by atoms with van der Waals surface area (Å²) in [7, 11) is 0. The first-order valence-electron chi connectivity index (χ1n) is 7.65. The molecule has 2 aromatic carbocycles. The Balaban J connectivity index is 1.54. The minimum Gasteiger partial charge on any atom is -0.349 e. The lowest BCUT2D eigenvalue weighted by atomic mass is 10.1. The molecule has 2 aromatic rings. The lowest BCUT2D eigenvalue weighted by Gasteiger charge is -2.14. The number of benzene rings is 2. The van der Waals surface area contributed by atoms with E-state index < -0.39 is 0 Å². The Labute approximate surface area is 126 Å². The fraction of sp³-hybridized carbons (Fsp3) is 0.316. The summed E-state index contributed by atoms with van der Waals surface area (Å²) in [6.07, 6.45) is 3.46. The first kappa shape index (κ1) is 13.9. The van der Waals surface area contributed by atoms with E-state index in [1.54, 1.807) is 0 Å². The summed E-state index contributed by atoms with van der Waals surface area (Å²) < 4.78 is 0. The number of fused-ring (bicyclic) bond motifs is 1. The van der Waals surface area contributed by atoms with Gasteiger partial charge in [0.25, 0.3) is 0 Å². The second-order valence-electron chi connectivity index (χ2n) is 5.84. The third-order valence-corrected chi connectivity index (χ3v) is 4.23. The lowest BCUT2D eigenvalue weighted by molar-refractivity contribution is -0.121. The zero-order chi connectivity index (χ0) is 14.7. The average Bonchev–Trinajstić information content (AvgIpc) is 2.90. The Kier molecular flexibility index (Phi) is 4.05. The summed E-state index contributed by atoms with van der Waals surface area (Å²) in [5.41, 5.74) is 5.15. The van der Waals surface area contributed by atoms with E-state index in [0.29, 0.717) is 6.42 Å². The van der Waals surface area contributed by atoms with Crippen LogP contribution in [0, 0.1) is 6.92 Å². The van der Waals surface area contributed by atoms with E-state index in [0.717, 1.165) is 19.3 Å². The maximum Gasteiger partial charge on any atom is 0.220 e. The highest BCUT2D eigenvalue weighted by Crippen LogP contribution is 2.30. The zero-order valence-corrected chi connectivity index (χ0v) is 12.4. The Hall–Kier alpha value is -2.09. The zero-order valence-electron chi connectivity index (χ0n) is 12.4. The standard InChI is InChI=1S/C19H21NO/c1-14-6-8-15(9-7-14)10-13-19(21)20-18-12-11-16-4-2-3-5-17(16)18/h2-9,18H,10-13H2,1H3,(H,20,21)/t18-/m1/s1. The van der Waals surface area contributed by atoms with Gasteiger partial charge in [0.05, 0.1) is 6.04 Å². The van der Waals surface area contributed by atoms with Crippen LogP contribution in [-0.2, 0) is 17.6 Å². The monoisotopic (exact) mass is 279 g/mol. The van der Waals surface area contributed by atoms with Crippen molar-refractivity contribution >= 4 is 5.91 Å². The quantitative estimate of drug-likeness (QED) is 0.907. The Morgan fingerprint density at radius 2 is 1.90 bits per heavy atom. The van der Waals surface area contributed by atoms with Crippen LogP contribution in [-0.4, -0.2) is 5.91 Å². The fourth-order valence-electron chi connectivity index (χ4n) is 2.99. The predicted molar refractivity (Wildman–Crippen MR) is 85.1 cm³/mol. The van der Waals surface area contributed by atoms with Crippen molar-refractivity contribution in [2.45, 2.75) is 38.6 Å². The van der Waals surface area contributed by atoms with Gasteiger partial charge in [-0.3, -0.25) is 4.79 Å². The molecule has 21 heavy (non-hydrogen) atoms. The molecule has 0 aromatic heterocycles. The molecule has 0 aliphatic heterocycles. The largest absolute Gasteiger partial charge is 0.349 e. The minimum atomic E-state index is 0.150. The van der Waals surface area contributed by atoms with E-state index in [1.807, 2.05) is 0 Å². The third kappa shape index (κ3) is 3.33. The SMILES string of the molecule is Cc1ccc(CCC(=O)N[C@@H]2CCc3ccccc32)cc1. The van der Waals surface area contributed by atoms with Crippen molar-refractivity contribution in [3.05, 3.63) is 70.8 Å². The maximum atomic E-state index is 12.1. The van der Waals surface area contributed by atoms with Crippen molar-refractivity contribution in [2.75, 3.05) is 0 Å². The second-order valence-corrected chi connectivity index (χ2v) is 5.84. The summed E-state index contributed by atoms with van der Waals surface area (Å²) >= 11 is 0. The summed E-state index contributed by atoms with van der Waals surface area (Å²) in [4.78, 5) is 12.1. The first-order valence-corrected chi connectivity index (χ1v) is 7.65. The van der Waals surface area contributed by atoms with Crippen LogP contribution in [0.4, 0.5) is 0 Å². The molecule has 3 rings (SSSR count). The van der Waals surface area contributed by atoms with Crippen molar-refractivity contribution in [2.24, 2.45) is 0 Å². The van der Waals surface area contributed by atoms with Crippen molar-refractivity contribution in [3.63, 3.8) is 0 Å². The van der Waals surface area contributed by atoms with Gasteiger partial charge in [-0.25, -0.2) is 0 Å². The molecule has 0 unspecified atom stereocenters. The molecule has 2 heteroatoms. The van der Waals surface area contributed by atoms with Gasteiger partial charge in [0.2, 0.25) is 5.91 Å². The summed E-state index contributed by atoms with van der Waals surface area (Å²) in [6.45, 7) is 2.08. The molecule has 0 heterocycles. The maximum absolute atomic E-state index is 12.1. The molecule has 1 N–H and O–H groups in total. The molecule has 0 saturated carbocycles. The molecular weight excluding hydrogens is 258 g/mol. The molecule has 0 saturated heterocycles. The van der Waals surface area contributed by atoms with Crippen LogP contribution in [0.2, 0.25) is 0 Å². The van der Waals surface area contributed by atoms with Crippen LogP contribution in [0.25, 0.3) is 0 Å². The van der Waals surface area contributed by atoms with Gasteiger partial charge in [0.1, 0.15) is 0 Å². The molecule has 0 radical (unpaired) electrons. The number of rotatable bonds is 4. The smallest absolute Gasteiger partial charge is 0.220 e. The van der Waals surface area contributed by atoms with Crippen molar-refractivity contribution in [3.8, 4) is 0 Å². The van der Waals surface area contributed by atoms with E-state index in [1.165, 1.54) is 22.3 Å². The number of hydrogen-bond acceptors (Lipinski definition) is 1. The van der Waals surface area contributed by atoms with Crippen molar-refractivity contribution < 1.29 is 4.79 Å². The van der Waals surface area contributed by atoms with Crippen LogP contribution in [0.1, 0.15) is 41.1 Å². The number of carbonyl (C=O) groups is 1. The molecule has 2 nitrogen and oxygen atoms in total. The first-order chi connectivity index (χ1) is 10.2. The van der Waals surface area contributed by atoms with Crippen LogP contribution in [0.15, 0.2) is 48.5 Å². The highest BCUT2D eigenvalue weighted by molar-refractivity contribution is 5.77. The molecule has 1 atom stereocenters. The molecule has 0 fully saturated rings. The van der Waals surface area contributed by atoms with Gasteiger partial charge in [-0.05, 0) is 42.9 Å². The highest BCUT2D eigenvalue weighted by Gasteiger charge is 2.22. The Morgan fingerprint density at radius 1 is 1.14 bits per heavy atom. The molecule has 0 bridgehead atoms. The van der Waals surface area contributed by atoms with Gasteiger partial charge < -0.3 is 5.32 Å². The normalized spacial score (nSPS) is 16.5. The van der Waals surface area contributed by atoms with E-state index >= 15 is 0 Å². The fourth-order valence-corrected chi connectivity index (χ4v) is 2.99. The van der Waals surface area contributed by atoms with Gasteiger partial charge in [0.15, 0.2) is 0 Å². The van der Waals surface area contributed by atoms with Crippen molar-refractivity contribution in [1.82, 2.24) is 5.32 Å². The predicted octanol–water partition coefficient (Wildman–Crippen LogP) is 3.73. The Morgan fingerprint density at radius 3 is 2.71 bits per heavy atom. The minimum absolute atomic E-state index is 0.150. The summed E-state index contributed by atoms with van der Waals surface area (Å²) in [6, 6.07) is 17.0. The van der Waals surface area contributed by atoms with Gasteiger partial charge in [-0.15, -0.1) is 0 Å². The van der Waals surface area contributed by atoms with Crippen LogP contribution < -0.4 is 5.32 Å². The molecule has 108 valence electrons. The second kappa shape index (κ2) is 6.13. The van der Waals surface area contributed by atoms with Gasteiger partial charge in [-0.2, -0.15) is 0 Å². The Bertz CT molecular complexity index is 630. The van der Waals surface area contributed by atoms with Gasteiger partial charge in [-0.1, -0.05) is 54.1 Å². The molecule has 1 aliphatic carbocycles. The highest BCUT2D eigenvalue weighted by atomic mass is 16.1. The summed E-state index contributed by atoms with van der Waals surface area (Å²) in [5.74, 6) is 0.150. The van der Waals surface area contributed by atoms with E-state index in [-0.39, 0.29) is 11.9 Å². The molecular formula is C19H21NO. The van der Waals surface area contributed by atoms with E-state index in [9.17, 15) is 4.79 Å². The number of aryl methyl sites for hydroxylation is 3. The van der Waals surface area contributed by atoms with E-state index in [2.05, 4.69) is 60.8 Å². The average molecular weight is 279 g/mol. The van der Waals surface area contributed by atoms with Crippen LogP contribution in [0.3, 0.4) is 0 Å². The van der Waals surface area contributed by atoms with E-state index in [4.69, 9.17) is 0 Å². The van der Waals surface area contributed by atoms with Crippen LogP contribution in [0.5, 0.6) is 0 Å². The third-order valence-electron chi connectivity index (χ3n) is 4.23. The lowest BCUT2D eigenvalue weighted by Crippen LogP contribution is -2.27. The van der Waals surface area contributed by atoms with Crippen molar-refractivity contribution in [1.29, 1.82) is 0 Å². The topological polar surface area (TPSA) is 29.1 Å². The molecule has 1 aliphatic rings.